The van der Waals surface area contributed by atoms with Crippen molar-refractivity contribution in [1.82, 2.24) is 4.72 Å². The number of aliphatic carboxylic acids is 1. The fraction of sp³-hybridized carbons (Fsp3) is 0.350. The molecule has 1 atom stereocenters. The van der Waals surface area contributed by atoms with Gasteiger partial charge in [-0.05, 0) is 43.2 Å². The molecular weight excluding hydrogens is 402 g/mol. The number of ether oxygens (including phenoxy) is 1. The summed E-state index contributed by atoms with van der Waals surface area (Å²) in [7, 11) is -2.23. The monoisotopic (exact) mass is 425 g/mol. The summed E-state index contributed by atoms with van der Waals surface area (Å²) in [5.74, 6) is -0.235. The zero-order valence-electron chi connectivity index (χ0n) is 15.6. The third-order valence-electron chi connectivity index (χ3n) is 4.32. The standard InChI is InChI=1S/C20H24ClNO5S/c1-27-19-9-6-5-7-17(19)18(8-3-2-4-10-20(23)24)22-28(25,26)16-13-11-15(21)12-14-16/h5-7,9,11-14,18,22H,2-4,8,10H2,1H3,(H,23,24). The van der Waals surface area contributed by atoms with Crippen LogP contribution in [0.5, 0.6) is 5.75 Å². The van der Waals surface area contributed by atoms with Crippen LogP contribution < -0.4 is 9.46 Å². The van der Waals surface area contributed by atoms with Crippen LogP contribution in [0.4, 0.5) is 0 Å². The van der Waals surface area contributed by atoms with Crippen molar-refractivity contribution in [3.8, 4) is 5.75 Å². The maximum Gasteiger partial charge on any atom is 0.303 e. The number of unbranched alkanes of at least 4 members (excludes halogenated alkanes) is 2. The summed E-state index contributed by atoms with van der Waals surface area (Å²) in [5.41, 5.74) is 0.737. The summed E-state index contributed by atoms with van der Waals surface area (Å²) >= 11 is 5.85. The molecule has 28 heavy (non-hydrogen) atoms. The Morgan fingerprint density at radius 1 is 1.11 bits per heavy atom. The first-order valence-electron chi connectivity index (χ1n) is 8.96. The molecule has 0 aliphatic rings. The maximum atomic E-state index is 12.8. The van der Waals surface area contributed by atoms with E-state index in [0.29, 0.717) is 36.5 Å². The Kier molecular flexibility index (Phi) is 8.29. The number of rotatable bonds is 11. The van der Waals surface area contributed by atoms with Crippen LogP contribution in [0.15, 0.2) is 53.4 Å². The van der Waals surface area contributed by atoms with E-state index in [-0.39, 0.29) is 11.3 Å². The van der Waals surface area contributed by atoms with Crippen LogP contribution >= 0.6 is 11.6 Å². The van der Waals surface area contributed by atoms with Gasteiger partial charge in [-0.1, -0.05) is 42.6 Å². The molecule has 6 nitrogen and oxygen atoms in total. The summed E-state index contributed by atoms with van der Waals surface area (Å²) in [4.78, 5) is 10.8. The minimum Gasteiger partial charge on any atom is -0.496 e. The largest absolute Gasteiger partial charge is 0.496 e. The average molecular weight is 426 g/mol. The fourth-order valence-corrected chi connectivity index (χ4v) is 4.28. The van der Waals surface area contributed by atoms with Crippen molar-refractivity contribution < 1.29 is 23.1 Å². The molecule has 0 saturated carbocycles. The highest BCUT2D eigenvalue weighted by molar-refractivity contribution is 7.89. The van der Waals surface area contributed by atoms with Gasteiger partial charge in [-0.2, -0.15) is 0 Å². The van der Waals surface area contributed by atoms with E-state index in [1.807, 2.05) is 18.2 Å². The van der Waals surface area contributed by atoms with Crippen LogP contribution in [0.2, 0.25) is 5.02 Å². The zero-order valence-corrected chi connectivity index (χ0v) is 17.2. The van der Waals surface area contributed by atoms with Gasteiger partial charge >= 0.3 is 5.97 Å². The number of nitrogens with one attached hydrogen (secondary N) is 1. The van der Waals surface area contributed by atoms with Crippen LogP contribution in [-0.4, -0.2) is 26.6 Å². The highest BCUT2D eigenvalue weighted by Gasteiger charge is 2.23. The number of sulfonamides is 1. The van der Waals surface area contributed by atoms with E-state index < -0.39 is 22.0 Å². The predicted octanol–water partition coefficient (Wildman–Crippen LogP) is 4.40. The Morgan fingerprint density at radius 3 is 2.43 bits per heavy atom. The van der Waals surface area contributed by atoms with Crippen molar-refractivity contribution in [2.45, 2.75) is 43.0 Å². The molecule has 2 aromatic rings. The summed E-state index contributed by atoms with van der Waals surface area (Å²) in [6.07, 6.45) is 2.56. The molecule has 0 aliphatic heterocycles. The molecule has 0 bridgehead atoms. The number of carboxylic acid groups (broad SMARTS) is 1. The third-order valence-corrected chi connectivity index (χ3v) is 6.06. The second-order valence-corrected chi connectivity index (χ2v) is 8.51. The highest BCUT2D eigenvalue weighted by Crippen LogP contribution is 2.30. The number of halogens is 1. The van der Waals surface area contributed by atoms with Gasteiger partial charge in [-0.25, -0.2) is 13.1 Å². The van der Waals surface area contributed by atoms with Crippen molar-refractivity contribution >= 4 is 27.6 Å². The molecule has 152 valence electrons. The van der Waals surface area contributed by atoms with Crippen molar-refractivity contribution in [3.63, 3.8) is 0 Å². The molecule has 2 aromatic carbocycles. The Labute approximate surface area is 170 Å². The minimum absolute atomic E-state index is 0.107. The smallest absolute Gasteiger partial charge is 0.303 e. The quantitative estimate of drug-likeness (QED) is 0.520. The normalized spacial score (nSPS) is 12.5. The van der Waals surface area contributed by atoms with Gasteiger partial charge in [-0.15, -0.1) is 0 Å². The lowest BCUT2D eigenvalue weighted by atomic mass is 10.00. The van der Waals surface area contributed by atoms with E-state index in [2.05, 4.69) is 4.72 Å². The van der Waals surface area contributed by atoms with Crippen molar-refractivity contribution in [2.24, 2.45) is 0 Å². The summed E-state index contributed by atoms with van der Waals surface area (Å²) < 4.78 is 33.8. The van der Waals surface area contributed by atoms with Crippen molar-refractivity contribution in [1.29, 1.82) is 0 Å². The molecular formula is C20H24ClNO5S. The number of carboxylic acids is 1. The van der Waals surface area contributed by atoms with Crippen LogP contribution in [0.3, 0.4) is 0 Å². The number of hydrogen-bond acceptors (Lipinski definition) is 4. The predicted molar refractivity (Wildman–Crippen MR) is 108 cm³/mol. The molecule has 0 saturated heterocycles. The molecule has 2 N–H and O–H groups in total. The Balaban J connectivity index is 2.20. The van der Waals surface area contributed by atoms with E-state index in [4.69, 9.17) is 21.4 Å². The molecule has 0 heterocycles. The number of hydrogen-bond donors (Lipinski definition) is 2. The lowest BCUT2D eigenvalue weighted by Gasteiger charge is -2.21. The van der Waals surface area contributed by atoms with Crippen molar-refractivity contribution in [2.75, 3.05) is 7.11 Å². The minimum atomic E-state index is -3.76. The molecule has 0 aliphatic carbocycles. The highest BCUT2D eigenvalue weighted by atomic mass is 35.5. The van der Waals surface area contributed by atoms with Gasteiger partial charge in [0.2, 0.25) is 10.0 Å². The van der Waals surface area contributed by atoms with Crippen LogP contribution in [-0.2, 0) is 14.8 Å². The van der Waals surface area contributed by atoms with E-state index >= 15 is 0 Å². The van der Waals surface area contributed by atoms with E-state index in [9.17, 15) is 13.2 Å². The first kappa shape index (κ1) is 22.2. The van der Waals surface area contributed by atoms with E-state index in [1.165, 1.54) is 31.4 Å². The van der Waals surface area contributed by atoms with E-state index in [0.717, 1.165) is 5.56 Å². The van der Waals surface area contributed by atoms with Gasteiger partial charge in [0.15, 0.2) is 0 Å². The lowest BCUT2D eigenvalue weighted by molar-refractivity contribution is -0.137. The summed E-state index contributed by atoms with van der Waals surface area (Å²) in [5, 5.41) is 9.21. The Bertz CT molecular complexity index is 884. The van der Waals surface area contributed by atoms with Gasteiger partial charge in [0.25, 0.3) is 0 Å². The number of carbonyl (C=O) groups is 1. The summed E-state index contributed by atoms with van der Waals surface area (Å²) in [6.45, 7) is 0. The average Bonchev–Trinajstić information content (AvgIpc) is 2.66. The van der Waals surface area contributed by atoms with Gasteiger partial charge in [0.1, 0.15) is 5.75 Å². The van der Waals surface area contributed by atoms with Gasteiger partial charge in [0, 0.05) is 17.0 Å². The third kappa shape index (κ3) is 6.51. The number of para-hydroxylation sites is 1. The molecule has 0 spiro atoms. The van der Waals surface area contributed by atoms with Crippen LogP contribution in [0.25, 0.3) is 0 Å². The van der Waals surface area contributed by atoms with Gasteiger partial charge < -0.3 is 9.84 Å². The van der Waals surface area contributed by atoms with Gasteiger partial charge in [0.05, 0.1) is 18.0 Å². The second kappa shape index (κ2) is 10.5. The molecule has 2 rings (SSSR count). The topological polar surface area (TPSA) is 92.7 Å². The van der Waals surface area contributed by atoms with E-state index in [1.54, 1.807) is 6.07 Å². The number of benzene rings is 2. The van der Waals surface area contributed by atoms with Gasteiger partial charge in [-0.3, -0.25) is 4.79 Å². The van der Waals surface area contributed by atoms with Crippen molar-refractivity contribution in [3.05, 3.63) is 59.1 Å². The molecule has 0 amide bonds. The molecule has 0 radical (unpaired) electrons. The molecule has 8 heteroatoms. The summed E-state index contributed by atoms with van der Waals surface area (Å²) in [6, 6.07) is 12.7. The lowest BCUT2D eigenvalue weighted by Crippen LogP contribution is -2.29. The fourth-order valence-electron chi connectivity index (χ4n) is 2.90. The number of methoxy groups -OCH3 is 1. The zero-order chi connectivity index (χ0) is 20.6. The molecule has 0 aromatic heterocycles. The molecule has 0 fully saturated rings. The van der Waals surface area contributed by atoms with Crippen LogP contribution in [0.1, 0.15) is 43.7 Å². The van der Waals surface area contributed by atoms with Crippen LogP contribution in [0, 0.1) is 0 Å². The Hall–Kier alpha value is -2.09. The molecule has 1 unspecified atom stereocenters. The first-order chi connectivity index (χ1) is 13.3. The SMILES string of the molecule is COc1ccccc1C(CCCCCC(=O)O)NS(=O)(=O)c1ccc(Cl)cc1. The first-order valence-corrected chi connectivity index (χ1v) is 10.8. The maximum absolute atomic E-state index is 12.8. The Morgan fingerprint density at radius 2 is 1.79 bits per heavy atom. The second-order valence-electron chi connectivity index (χ2n) is 6.36.